The summed E-state index contributed by atoms with van der Waals surface area (Å²) < 4.78 is 10.5. The van der Waals surface area contributed by atoms with Gasteiger partial charge in [0.25, 0.3) is 0 Å². The summed E-state index contributed by atoms with van der Waals surface area (Å²) in [5, 5.41) is 19.7. The van der Waals surface area contributed by atoms with Crippen LogP contribution in [0.15, 0.2) is 0 Å². The van der Waals surface area contributed by atoms with Crippen molar-refractivity contribution in [1.82, 2.24) is 0 Å². The minimum atomic E-state index is -0.598. The van der Waals surface area contributed by atoms with Gasteiger partial charge in [-0.05, 0) is 52.4 Å². The van der Waals surface area contributed by atoms with Crippen LogP contribution in [0.1, 0.15) is 65.2 Å². The maximum Gasteiger partial charge on any atom is 0.306 e. The molecule has 0 aromatic heterocycles. The van der Waals surface area contributed by atoms with Crippen molar-refractivity contribution in [1.29, 1.82) is 0 Å². The molecule has 1 aliphatic heterocycles. The molecule has 0 aliphatic carbocycles. The Labute approximate surface area is 131 Å². The van der Waals surface area contributed by atoms with E-state index in [4.69, 9.17) is 9.47 Å². The molecule has 6 heteroatoms. The molecule has 0 spiro atoms. The second kappa shape index (κ2) is 9.79. The lowest BCUT2D eigenvalue weighted by atomic mass is 10.1. The zero-order chi connectivity index (χ0) is 16.5. The zero-order valence-electron chi connectivity index (χ0n) is 13.5. The van der Waals surface area contributed by atoms with Crippen LogP contribution in [0.4, 0.5) is 0 Å². The predicted molar refractivity (Wildman–Crippen MR) is 80.1 cm³/mol. The first kappa shape index (κ1) is 18.9. The fraction of sp³-hybridized carbons (Fsp3) is 0.875. The second-order valence-electron chi connectivity index (χ2n) is 6.14. The third-order valence-corrected chi connectivity index (χ3v) is 3.84. The summed E-state index contributed by atoms with van der Waals surface area (Å²) in [5.41, 5.74) is 0. The molecule has 1 heterocycles. The maximum atomic E-state index is 11.7. The van der Waals surface area contributed by atoms with Gasteiger partial charge < -0.3 is 19.7 Å². The van der Waals surface area contributed by atoms with Gasteiger partial charge in [0.05, 0.1) is 24.4 Å². The van der Waals surface area contributed by atoms with E-state index in [9.17, 15) is 19.8 Å². The molecule has 0 amide bonds. The van der Waals surface area contributed by atoms with Gasteiger partial charge in [-0.2, -0.15) is 0 Å². The van der Waals surface area contributed by atoms with Crippen LogP contribution in [0.25, 0.3) is 0 Å². The summed E-state index contributed by atoms with van der Waals surface area (Å²) >= 11 is 0. The molecule has 22 heavy (non-hydrogen) atoms. The Balaban J connectivity index is 2.55. The minimum Gasteiger partial charge on any atom is -0.463 e. The molecule has 6 nitrogen and oxygen atoms in total. The maximum absolute atomic E-state index is 11.7. The van der Waals surface area contributed by atoms with Gasteiger partial charge in [-0.1, -0.05) is 0 Å². The molecule has 0 saturated carbocycles. The Hall–Kier alpha value is -1.14. The normalized spacial score (nSPS) is 33.8. The van der Waals surface area contributed by atoms with E-state index < -0.39 is 12.2 Å². The Bertz CT molecular complexity index is 323. The lowest BCUT2D eigenvalue weighted by molar-refractivity contribution is -0.149. The summed E-state index contributed by atoms with van der Waals surface area (Å²) in [6.45, 7) is 3.56. The predicted octanol–water partition coefficient (Wildman–Crippen LogP) is 1.71. The van der Waals surface area contributed by atoms with Crippen LogP contribution in [-0.4, -0.2) is 46.6 Å². The summed E-state index contributed by atoms with van der Waals surface area (Å²) in [6.07, 6.45) is 1.30. The highest BCUT2D eigenvalue weighted by molar-refractivity contribution is 5.70. The number of aliphatic hydroxyl groups excluding tert-OH is 2. The van der Waals surface area contributed by atoms with Crippen LogP contribution >= 0.6 is 0 Å². The summed E-state index contributed by atoms with van der Waals surface area (Å²) in [4.78, 5) is 23.3. The standard InChI is InChI=1S/C16H28O6/c1-11-3-5-13(17)8-10-16(20)22-12(2)4-6-14(18)7-9-15(19)21-11/h11-14,17-18H,3-10H2,1-2H3/t11-,12-,13+,14+/m1/s1. The number of aliphatic hydroxyl groups is 2. The largest absolute Gasteiger partial charge is 0.463 e. The van der Waals surface area contributed by atoms with E-state index in [2.05, 4.69) is 0 Å². The van der Waals surface area contributed by atoms with Crippen molar-refractivity contribution in [2.75, 3.05) is 0 Å². The first-order valence-electron chi connectivity index (χ1n) is 8.12. The first-order valence-corrected chi connectivity index (χ1v) is 8.12. The molecule has 128 valence electrons. The Morgan fingerprint density at radius 2 is 1.09 bits per heavy atom. The SMILES string of the molecule is C[C@@H]1CC[C@H](O)CCC(=O)O[C@H](C)CC[C@H](O)CCC(=O)O1. The van der Waals surface area contributed by atoms with Crippen molar-refractivity contribution in [3.8, 4) is 0 Å². The van der Waals surface area contributed by atoms with E-state index >= 15 is 0 Å². The lowest BCUT2D eigenvalue weighted by Gasteiger charge is -2.19. The van der Waals surface area contributed by atoms with Gasteiger partial charge in [0.1, 0.15) is 0 Å². The van der Waals surface area contributed by atoms with Gasteiger partial charge in [-0.3, -0.25) is 9.59 Å². The van der Waals surface area contributed by atoms with E-state index in [0.29, 0.717) is 38.5 Å². The monoisotopic (exact) mass is 316 g/mol. The first-order chi connectivity index (χ1) is 10.4. The lowest BCUT2D eigenvalue weighted by Crippen LogP contribution is -2.22. The van der Waals surface area contributed by atoms with Crippen LogP contribution in [-0.2, 0) is 19.1 Å². The molecule has 2 N–H and O–H groups in total. The molecular weight excluding hydrogens is 288 g/mol. The summed E-state index contributed by atoms with van der Waals surface area (Å²) in [7, 11) is 0. The molecule has 1 fully saturated rings. The highest BCUT2D eigenvalue weighted by atomic mass is 16.5. The minimum absolute atomic E-state index is 0.169. The van der Waals surface area contributed by atoms with Crippen molar-refractivity contribution < 1.29 is 29.3 Å². The molecule has 0 unspecified atom stereocenters. The topological polar surface area (TPSA) is 93.1 Å². The third kappa shape index (κ3) is 8.34. The van der Waals surface area contributed by atoms with Crippen LogP contribution in [0.3, 0.4) is 0 Å². The van der Waals surface area contributed by atoms with Gasteiger partial charge >= 0.3 is 11.9 Å². The molecule has 1 aliphatic rings. The van der Waals surface area contributed by atoms with E-state index in [1.165, 1.54) is 0 Å². The van der Waals surface area contributed by atoms with Gasteiger partial charge in [0, 0.05) is 12.8 Å². The van der Waals surface area contributed by atoms with Gasteiger partial charge in [-0.25, -0.2) is 0 Å². The number of carbonyl (C=O) groups is 2. The number of carbonyl (C=O) groups excluding carboxylic acids is 2. The molecule has 4 atom stereocenters. The summed E-state index contributed by atoms with van der Waals surface area (Å²) in [6, 6.07) is 0. The van der Waals surface area contributed by atoms with Crippen molar-refractivity contribution in [3.05, 3.63) is 0 Å². The number of ether oxygens (including phenoxy) is 2. The number of hydrogen-bond donors (Lipinski definition) is 2. The quantitative estimate of drug-likeness (QED) is 0.661. The third-order valence-electron chi connectivity index (χ3n) is 3.84. The number of esters is 2. The fourth-order valence-electron chi connectivity index (χ4n) is 2.40. The van der Waals surface area contributed by atoms with E-state index in [-0.39, 0.29) is 37.0 Å². The van der Waals surface area contributed by atoms with Crippen molar-refractivity contribution in [3.63, 3.8) is 0 Å². The average molecular weight is 316 g/mol. The molecule has 0 radical (unpaired) electrons. The number of hydrogen-bond acceptors (Lipinski definition) is 6. The average Bonchev–Trinajstić information content (AvgIpc) is 2.46. The van der Waals surface area contributed by atoms with Crippen LogP contribution in [0, 0.1) is 0 Å². The van der Waals surface area contributed by atoms with Gasteiger partial charge in [-0.15, -0.1) is 0 Å². The highest BCUT2D eigenvalue weighted by Crippen LogP contribution is 2.15. The number of rotatable bonds is 0. The fourth-order valence-corrected chi connectivity index (χ4v) is 2.40. The van der Waals surface area contributed by atoms with Gasteiger partial charge in [0.15, 0.2) is 0 Å². The van der Waals surface area contributed by atoms with Gasteiger partial charge in [0.2, 0.25) is 0 Å². The van der Waals surface area contributed by atoms with E-state index in [1.54, 1.807) is 13.8 Å². The zero-order valence-corrected chi connectivity index (χ0v) is 13.5. The highest BCUT2D eigenvalue weighted by Gasteiger charge is 2.18. The van der Waals surface area contributed by atoms with Crippen LogP contribution < -0.4 is 0 Å². The smallest absolute Gasteiger partial charge is 0.306 e. The molecule has 0 bridgehead atoms. The van der Waals surface area contributed by atoms with Crippen LogP contribution in [0.2, 0.25) is 0 Å². The number of cyclic esters (lactones) is 2. The Morgan fingerprint density at radius 1 is 0.727 bits per heavy atom. The van der Waals surface area contributed by atoms with Crippen molar-refractivity contribution in [2.24, 2.45) is 0 Å². The Kier molecular flexibility index (Phi) is 8.42. The second-order valence-corrected chi connectivity index (χ2v) is 6.14. The summed E-state index contributed by atoms with van der Waals surface area (Å²) in [5.74, 6) is -0.653. The molecule has 1 rings (SSSR count). The van der Waals surface area contributed by atoms with E-state index in [1.807, 2.05) is 0 Å². The molecule has 0 aromatic rings. The van der Waals surface area contributed by atoms with Crippen molar-refractivity contribution in [2.45, 2.75) is 89.6 Å². The van der Waals surface area contributed by atoms with E-state index in [0.717, 1.165) is 0 Å². The Morgan fingerprint density at radius 3 is 1.45 bits per heavy atom. The molecular formula is C16H28O6. The molecule has 1 saturated heterocycles. The van der Waals surface area contributed by atoms with Crippen LogP contribution in [0.5, 0.6) is 0 Å². The molecule has 0 aromatic carbocycles. The van der Waals surface area contributed by atoms with Crippen molar-refractivity contribution >= 4 is 11.9 Å².